The lowest BCUT2D eigenvalue weighted by Crippen LogP contribution is -2.49. The number of anilines is 2. The molecule has 1 fully saturated rings. The molecular formula is C17H24N4O3. The average molecular weight is 332 g/mol. The maximum absolute atomic E-state index is 12.5. The van der Waals surface area contributed by atoms with Crippen molar-refractivity contribution in [3.8, 4) is 0 Å². The highest BCUT2D eigenvalue weighted by Gasteiger charge is 2.37. The SMILES string of the molecule is CC(=O)N(C(=O)NC1CC(=O)N(C(C)(C)C)C1)c1ccc(N)cc1. The monoisotopic (exact) mass is 332 g/mol. The molecule has 1 aliphatic heterocycles. The molecule has 7 heteroatoms. The highest BCUT2D eigenvalue weighted by atomic mass is 16.2. The largest absolute Gasteiger partial charge is 0.399 e. The van der Waals surface area contributed by atoms with E-state index in [0.29, 0.717) is 17.9 Å². The van der Waals surface area contributed by atoms with Crippen LogP contribution < -0.4 is 16.0 Å². The van der Waals surface area contributed by atoms with Crippen LogP contribution in [-0.2, 0) is 9.59 Å². The fraction of sp³-hybridized carbons (Fsp3) is 0.471. The van der Waals surface area contributed by atoms with Crippen LogP contribution in [0.5, 0.6) is 0 Å². The number of carbonyl (C=O) groups excluding carboxylic acids is 3. The molecule has 4 amide bonds. The molecule has 0 radical (unpaired) electrons. The Kier molecular flexibility index (Phi) is 4.82. The van der Waals surface area contributed by atoms with Gasteiger partial charge in [0.25, 0.3) is 0 Å². The van der Waals surface area contributed by atoms with Crippen LogP contribution in [-0.4, -0.2) is 40.9 Å². The normalized spacial score (nSPS) is 17.8. The van der Waals surface area contributed by atoms with Crippen LogP contribution in [0.3, 0.4) is 0 Å². The summed E-state index contributed by atoms with van der Waals surface area (Å²) in [5.74, 6) is -0.413. The summed E-state index contributed by atoms with van der Waals surface area (Å²) in [7, 11) is 0. The number of hydrogen-bond acceptors (Lipinski definition) is 4. The van der Waals surface area contributed by atoms with Crippen molar-refractivity contribution in [1.82, 2.24) is 10.2 Å². The molecule has 1 unspecified atom stereocenters. The van der Waals surface area contributed by atoms with Crippen LogP contribution in [0.4, 0.5) is 16.2 Å². The predicted octanol–water partition coefficient (Wildman–Crippen LogP) is 1.73. The van der Waals surface area contributed by atoms with Gasteiger partial charge in [0.05, 0.1) is 11.7 Å². The molecule has 0 aromatic heterocycles. The van der Waals surface area contributed by atoms with Crippen LogP contribution in [0.15, 0.2) is 24.3 Å². The predicted molar refractivity (Wildman–Crippen MR) is 92.4 cm³/mol. The molecule has 1 aromatic carbocycles. The fourth-order valence-electron chi connectivity index (χ4n) is 2.76. The number of imide groups is 1. The van der Waals surface area contributed by atoms with Gasteiger partial charge in [-0.3, -0.25) is 9.59 Å². The van der Waals surface area contributed by atoms with E-state index in [0.717, 1.165) is 4.90 Å². The van der Waals surface area contributed by atoms with E-state index in [4.69, 9.17) is 5.73 Å². The van der Waals surface area contributed by atoms with E-state index >= 15 is 0 Å². The minimum atomic E-state index is -0.541. The maximum atomic E-state index is 12.5. The molecule has 3 N–H and O–H groups in total. The first-order valence-corrected chi connectivity index (χ1v) is 7.87. The van der Waals surface area contributed by atoms with E-state index in [2.05, 4.69) is 5.32 Å². The van der Waals surface area contributed by atoms with Gasteiger partial charge in [-0.1, -0.05) is 0 Å². The smallest absolute Gasteiger partial charge is 0.329 e. The average Bonchev–Trinajstić information content (AvgIpc) is 2.81. The van der Waals surface area contributed by atoms with E-state index in [1.165, 1.54) is 6.92 Å². The molecule has 24 heavy (non-hydrogen) atoms. The van der Waals surface area contributed by atoms with Crippen LogP contribution in [0, 0.1) is 0 Å². The second-order valence-corrected chi connectivity index (χ2v) is 6.97. The first-order valence-electron chi connectivity index (χ1n) is 7.87. The molecule has 1 aromatic rings. The quantitative estimate of drug-likeness (QED) is 0.806. The van der Waals surface area contributed by atoms with Crippen molar-refractivity contribution >= 4 is 29.2 Å². The van der Waals surface area contributed by atoms with E-state index in [-0.39, 0.29) is 23.9 Å². The summed E-state index contributed by atoms with van der Waals surface area (Å²) in [6.07, 6.45) is 0.233. The molecule has 130 valence electrons. The van der Waals surface area contributed by atoms with E-state index in [1.807, 2.05) is 20.8 Å². The number of nitrogen functional groups attached to an aromatic ring is 1. The Balaban J connectivity index is 2.11. The molecule has 0 saturated carbocycles. The lowest BCUT2D eigenvalue weighted by atomic mass is 10.1. The van der Waals surface area contributed by atoms with Crippen LogP contribution >= 0.6 is 0 Å². The molecule has 7 nitrogen and oxygen atoms in total. The summed E-state index contributed by atoms with van der Waals surface area (Å²) in [6, 6.07) is 5.60. The summed E-state index contributed by atoms with van der Waals surface area (Å²) < 4.78 is 0. The Bertz CT molecular complexity index is 649. The Morgan fingerprint density at radius 1 is 1.25 bits per heavy atom. The van der Waals surface area contributed by atoms with Crippen LogP contribution in [0.2, 0.25) is 0 Å². The van der Waals surface area contributed by atoms with Crippen molar-refractivity contribution in [2.45, 2.75) is 45.7 Å². The second-order valence-electron chi connectivity index (χ2n) is 6.97. The number of rotatable bonds is 2. The zero-order valence-corrected chi connectivity index (χ0v) is 14.5. The van der Waals surface area contributed by atoms with Gasteiger partial charge in [-0.2, -0.15) is 0 Å². The van der Waals surface area contributed by atoms with Crippen molar-refractivity contribution in [3.05, 3.63) is 24.3 Å². The third kappa shape index (κ3) is 3.84. The Morgan fingerprint density at radius 2 is 1.83 bits per heavy atom. The topological polar surface area (TPSA) is 95.7 Å². The zero-order chi connectivity index (χ0) is 18.1. The fourth-order valence-corrected chi connectivity index (χ4v) is 2.76. The van der Waals surface area contributed by atoms with Crippen molar-refractivity contribution < 1.29 is 14.4 Å². The number of benzene rings is 1. The third-order valence-corrected chi connectivity index (χ3v) is 3.93. The van der Waals surface area contributed by atoms with Crippen molar-refractivity contribution in [3.63, 3.8) is 0 Å². The minimum Gasteiger partial charge on any atom is -0.399 e. The Morgan fingerprint density at radius 3 is 2.29 bits per heavy atom. The van der Waals surface area contributed by atoms with Gasteiger partial charge in [-0.05, 0) is 45.0 Å². The number of hydrogen-bond donors (Lipinski definition) is 2. The Hall–Kier alpha value is -2.57. The lowest BCUT2D eigenvalue weighted by molar-refractivity contribution is -0.131. The first-order chi connectivity index (χ1) is 11.1. The highest BCUT2D eigenvalue weighted by Crippen LogP contribution is 2.23. The van der Waals surface area contributed by atoms with Gasteiger partial charge in [0.1, 0.15) is 0 Å². The van der Waals surface area contributed by atoms with E-state index in [9.17, 15) is 14.4 Å². The van der Waals surface area contributed by atoms with Crippen molar-refractivity contribution in [1.29, 1.82) is 0 Å². The van der Waals surface area contributed by atoms with Gasteiger partial charge in [0.15, 0.2) is 0 Å². The number of nitrogens with one attached hydrogen (secondary N) is 1. The van der Waals surface area contributed by atoms with Crippen molar-refractivity contribution in [2.24, 2.45) is 0 Å². The second kappa shape index (κ2) is 6.51. The summed E-state index contributed by atoms with van der Waals surface area (Å²) in [4.78, 5) is 39.3. The van der Waals surface area contributed by atoms with Gasteiger partial charge in [-0.25, -0.2) is 9.69 Å². The number of amides is 4. The summed E-state index contributed by atoms with van der Waals surface area (Å²) in [5, 5.41) is 2.78. The van der Waals surface area contributed by atoms with Gasteiger partial charge >= 0.3 is 6.03 Å². The lowest BCUT2D eigenvalue weighted by Gasteiger charge is -2.32. The van der Waals surface area contributed by atoms with Crippen LogP contribution in [0.25, 0.3) is 0 Å². The molecule has 0 spiro atoms. The summed E-state index contributed by atoms with van der Waals surface area (Å²) in [6.45, 7) is 7.60. The van der Waals surface area contributed by atoms with Gasteiger partial charge in [0, 0.05) is 31.1 Å². The molecule has 1 saturated heterocycles. The molecule has 1 aliphatic rings. The molecule has 2 rings (SSSR count). The molecule has 0 bridgehead atoms. The highest BCUT2D eigenvalue weighted by molar-refractivity contribution is 6.13. The number of urea groups is 1. The number of likely N-dealkylation sites (tertiary alicyclic amines) is 1. The molecule has 1 heterocycles. The van der Waals surface area contributed by atoms with Gasteiger partial charge in [-0.15, -0.1) is 0 Å². The number of nitrogens with two attached hydrogens (primary N) is 1. The molecule has 1 atom stereocenters. The minimum absolute atomic E-state index is 0.00494. The van der Waals surface area contributed by atoms with Crippen LogP contribution in [0.1, 0.15) is 34.1 Å². The zero-order valence-electron chi connectivity index (χ0n) is 14.5. The first kappa shape index (κ1) is 17.8. The van der Waals surface area contributed by atoms with Gasteiger partial charge < -0.3 is 16.0 Å². The standard InChI is InChI=1S/C17H24N4O3/c1-11(22)21(14-7-5-12(18)6-8-14)16(24)19-13-9-15(23)20(10-13)17(2,3)4/h5-8,13H,9-10,18H2,1-4H3,(H,19,24). The van der Waals surface area contributed by atoms with E-state index < -0.39 is 11.9 Å². The summed E-state index contributed by atoms with van der Waals surface area (Å²) in [5.41, 5.74) is 6.32. The van der Waals surface area contributed by atoms with Crippen molar-refractivity contribution in [2.75, 3.05) is 17.2 Å². The Labute approximate surface area is 141 Å². The van der Waals surface area contributed by atoms with Gasteiger partial charge in [0.2, 0.25) is 11.8 Å². The summed E-state index contributed by atoms with van der Waals surface area (Å²) >= 11 is 0. The maximum Gasteiger partial charge on any atom is 0.329 e. The molecule has 0 aliphatic carbocycles. The number of carbonyl (C=O) groups is 3. The molecular weight excluding hydrogens is 308 g/mol. The third-order valence-electron chi connectivity index (χ3n) is 3.93. The number of nitrogens with zero attached hydrogens (tertiary/aromatic N) is 2. The van der Waals surface area contributed by atoms with E-state index in [1.54, 1.807) is 29.2 Å².